The molecular formula is C12H19N3O2S2. The Morgan fingerprint density at radius 2 is 2.16 bits per heavy atom. The zero-order valence-corrected chi connectivity index (χ0v) is 12.9. The molecule has 7 heteroatoms. The van der Waals surface area contributed by atoms with E-state index in [2.05, 4.69) is 15.5 Å². The topological polar surface area (TPSA) is 64.1 Å². The van der Waals surface area contributed by atoms with Gasteiger partial charge in [-0.15, -0.1) is 10.2 Å². The second-order valence-corrected chi connectivity index (χ2v) is 7.20. The van der Waals surface area contributed by atoms with Crippen molar-refractivity contribution in [1.29, 1.82) is 0 Å². The van der Waals surface area contributed by atoms with Gasteiger partial charge < -0.3 is 10.1 Å². The predicted octanol–water partition coefficient (Wildman–Crippen LogP) is 2.94. The van der Waals surface area contributed by atoms with Gasteiger partial charge in [0.05, 0.1) is 7.11 Å². The SMILES string of the molecule is COC(=O)[C@H](C)Sc1nnc(NC2CCCCC2)s1. The molecule has 0 unspecified atom stereocenters. The van der Waals surface area contributed by atoms with E-state index in [4.69, 9.17) is 4.74 Å². The summed E-state index contributed by atoms with van der Waals surface area (Å²) in [4.78, 5) is 11.3. The average Bonchev–Trinajstić information content (AvgIpc) is 2.86. The van der Waals surface area contributed by atoms with Crippen LogP contribution in [0.3, 0.4) is 0 Å². The number of hydrogen-bond acceptors (Lipinski definition) is 7. The molecule has 1 atom stereocenters. The van der Waals surface area contributed by atoms with Crippen molar-refractivity contribution in [1.82, 2.24) is 10.2 Å². The summed E-state index contributed by atoms with van der Waals surface area (Å²) in [5, 5.41) is 12.3. The normalized spacial score (nSPS) is 18.0. The highest BCUT2D eigenvalue weighted by atomic mass is 32.2. The van der Waals surface area contributed by atoms with Gasteiger partial charge in [0.1, 0.15) is 5.25 Å². The van der Waals surface area contributed by atoms with E-state index in [-0.39, 0.29) is 11.2 Å². The summed E-state index contributed by atoms with van der Waals surface area (Å²) in [6.45, 7) is 1.81. The predicted molar refractivity (Wildman–Crippen MR) is 77.7 cm³/mol. The number of hydrogen-bond donors (Lipinski definition) is 1. The number of nitrogens with zero attached hydrogens (tertiary/aromatic N) is 2. The van der Waals surface area contributed by atoms with E-state index in [9.17, 15) is 4.79 Å². The molecule has 1 aromatic rings. The molecule has 1 saturated carbocycles. The molecule has 0 amide bonds. The molecule has 1 fully saturated rings. The summed E-state index contributed by atoms with van der Waals surface area (Å²) in [5.74, 6) is -0.234. The van der Waals surface area contributed by atoms with Gasteiger partial charge in [0.2, 0.25) is 5.13 Å². The number of aromatic nitrogens is 2. The molecule has 1 N–H and O–H groups in total. The molecule has 0 spiro atoms. The van der Waals surface area contributed by atoms with E-state index in [0.717, 1.165) is 9.47 Å². The minimum Gasteiger partial charge on any atom is -0.468 e. The van der Waals surface area contributed by atoms with Gasteiger partial charge in [0, 0.05) is 6.04 Å². The zero-order valence-electron chi connectivity index (χ0n) is 11.2. The van der Waals surface area contributed by atoms with E-state index < -0.39 is 0 Å². The average molecular weight is 301 g/mol. The number of esters is 1. The van der Waals surface area contributed by atoms with E-state index in [0.29, 0.717) is 6.04 Å². The molecule has 2 rings (SSSR count). The third kappa shape index (κ3) is 4.35. The van der Waals surface area contributed by atoms with Gasteiger partial charge in [-0.25, -0.2) is 0 Å². The van der Waals surface area contributed by atoms with Gasteiger partial charge in [-0.3, -0.25) is 4.79 Å². The van der Waals surface area contributed by atoms with Crippen LogP contribution in [-0.4, -0.2) is 34.6 Å². The fraction of sp³-hybridized carbons (Fsp3) is 0.750. The number of methoxy groups -OCH3 is 1. The molecule has 0 saturated heterocycles. The van der Waals surface area contributed by atoms with Gasteiger partial charge in [0.15, 0.2) is 4.34 Å². The van der Waals surface area contributed by atoms with Gasteiger partial charge in [-0.2, -0.15) is 0 Å². The molecule has 1 aromatic heterocycles. The molecule has 1 aliphatic carbocycles. The Hall–Kier alpha value is -0.820. The molecule has 1 aliphatic rings. The van der Waals surface area contributed by atoms with Crippen LogP contribution in [0.25, 0.3) is 0 Å². The molecule has 0 aliphatic heterocycles. The molecule has 0 radical (unpaired) electrons. The van der Waals surface area contributed by atoms with E-state index in [1.165, 1.54) is 62.3 Å². The van der Waals surface area contributed by atoms with Gasteiger partial charge in [-0.05, 0) is 19.8 Å². The lowest BCUT2D eigenvalue weighted by Gasteiger charge is -2.21. The lowest BCUT2D eigenvalue weighted by molar-refractivity contribution is -0.139. The largest absolute Gasteiger partial charge is 0.468 e. The third-order valence-corrected chi connectivity index (χ3v) is 5.17. The maximum atomic E-state index is 11.3. The number of carbonyl (C=O) groups is 1. The van der Waals surface area contributed by atoms with E-state index in [1.54, 1.807) is 0 Å². The van der Waals surface area contributed by atoms with E-state index in [1.807, 2.05) is 6.92 Å². The van der Waals surface area contributed by atoms with Crippen LogP contribution in [0.15, 0.2) is 4.34 Å². The van der Waals surface area contributed by atoms with Crippen molar-refractivity contribution >= 4 is 34.2 Å². The third-order valence-electron chi connectivity index (χ3n) is 3.15. The first-order valence-electron chi connectivity index (χ1n) is 6.53. The number of ether oxygens (including phenoxy) is 1. The second-order valence-electron chi connectivity index (χ2n) is 4.64. The number of rotatable bonds is 5. The lowest BCUT2D eigenvalue weighted by atomic mass is 9.96. The summed E-state index contributed by atoms with van der Waals surface area (Å²) in [6, 6.07) is 0.526. The van der Waals surface area contributed by atoms with Gasteiger partial charge in [0.25, 0.3) is 0 Å². The molecule has 0 aromatic carbocycles. The first-order chi connectivity index (χ1) is 9.19. The summed E-state index contributed by atoms with van der Waals surface area (Å²) in [5.41, 5.74) is 0. The van der Waals surface area contributed by atoms with Crippen molar-refractivity contribution < 1.29 is 9.53 Å². The van der Waals surface area contributed by atoms with Crippen LogP contribution in [0.5, 0.6) is 0 Å². The van der Waals surface area contributed by atoms with Crippen molar-refractivity contribution in [3.63, 3.8) is 0 Å². The van der Waals surface area contributed by atoms with Gasteiger partial charge >= 0.3 is 5.97 Å². The number of carbonyl (C=O) groups excluding carboxylic acids is 1. The van der Waals surface area contributed by atoms with Crippen LogP contribution >= 0.6 is 23.1 Å². The highest BCUT2D eigenvalue weighted by Gasteiger charge is 2.19. The Morgan fingerprint density at radius 3 is 2.84 bits per heavy atom. The lowest BCUT2D eigenvalue weighted by Crippen LogP contribution is -2.21. The van der Waals surface area contributed by atoms with Crippen molar-refractivity contribution in [2.24, 2.45) is 0 Å². The Balaban J connectivity index is 1.86. The summed E-state index contributed by atoms with van der Waals surface area (Å²) in [6.07, 6.45) is 6.34. The molecule has 0 bridgehead atoms. The van der Waals surface area contributed by atoms with Gasteiger partial charge in [-0.1, -0.05) is 42.4 Å². The quantitative estimate of drug-likeness (QED) is 0.666. The fourth-order valence-electron chi connectivity index (χ4n) is 2.10. The highest BCUT2D eigenvalue weighted by molar-refractivity contribution is 8.02. The van der Waals surface area contributed by atoms with Crippen LogP contribution in [0.1, 0.15) is 39.0 Å². The van der Waals surface area contributed by atoms with Crippen LogP contribution in [-0.2, 0) is 9.53 Å². The number of thioether (sulfide) groups is 1. The van der Waals surface area contributed by atoms with Crippen LogP contribution in [0.2, 0.25) is 0 Å². The molecule has 5 nitrogen and oxygen atoms in total. The Labute approximate surface area is 121 Å². The first kappa shape index (κ1) is 14.6. The Bertz CT molecular complexity index is 419. The van der Waals surface area contributed by atoms with Crippen molar-refractivity contribution in [3.8, 4) is 0 Å². The number of nitrogens with one attached hydrogen (secondary N) is 1. The standard InChI is InChI=1S/C12H19N3O2S2/c1-8(10(16)17-2)18-12-15-14-11(19-12)13-9-6-4-3-5-7-9/h8-9H,3-7H2,1-2H3,(H,13,14)/t8-/m0/s1. The first-order valence-corrected chi connectivity index (χ1v) is 8.23. The van der Waals surface area contributed by atoms with Crippen molar-refractivity contribution in [2.45, 2.75) is 54.7 Å². The minimum atomic E-state index is -0.250. The van der Waals surface area contributed by atoms with Crippen LogP contribution in [0.4, 0.5) is 5.13 Å². The number of anilines is 1. The Morgan fingerprint density at radius 1 is 1.42 bits per heavy atom. The minimum absolute atomic E-state index is 0.234. The summed E-state index contributed by atoms with van der Waals surface area (Å²) in [7, 11) is 1.40. The molecule has 106 valence electrons. The van der Waals surface area contributed by atoms with Crippen molar-refractivity contribution in [2.75, 3.05) is 12.4 Å². The van der Waals surface area contributed by atoms with E-state index >= 15 is 0 Å². The summed E-state index contributed by atoms with van der Waals surface area (Å²) >= 11 is 2.89. The Kier molecular flexibility index (Phi) is 5.45. The monoisotopic (exact) mass is 301 g/mol. The zero-order chi connectivity index (χ0) is 13.7. The molecular weight excluding hydrogens is 282 g/mol. The highest BCUT2D eigenvalue weighted by Crippen LogP contribution is 2.30. The maximum Gasteiger partial charge on any atom is 0.318 e. The molecule has 1 heterocycles. The van der Waals surface area contributed by atoms with Crippen LogP contribution < -0.4 is 5.32 Å². The fourth-order valence-corrected chi connectivity index (χ4v) is 4.10. The maximum absolute atomic E-state index is 11.3. The second kappa shape index (κ2) is 7.09. The molecule has 19 heavy (non-hydrogen) atoms. The summed E-state index contributed by atoms with van der Waals surface area (Å²) < 4.78 is 5.50. The van der Waals surface area contributed by atoms with Crippen molar-refractivity contribution in [3.05, 3.63) is 0 Å². The smallest absolute Gasteiger partial charge is 0.318 e. The van der Waals surface area contributed by atoms with Crippen LogP contribution in [0, 0.1) is 0 Å².